The van der Waals surface area contributed by atoms with Gasteiger partial charge in [-0.15, -0.1) is 6.58 Å². The van der Waals surface area contributed by atoms with Crippen LogP contribution in [-0.4, -0.2) is 16.7 Å². The van der Waals surface area contributed by atoms with Gasteiger partial charge in [-0.3, -0.25) is 0 Å². The molecule has 0 aliphatic rings. The highest BCUT2D eigenvalue weighted by Gasteiger charge is 2.12. The Kier molecular flexibility index (Phi) is 8.15. The van der Waals surface area contributed by atoms with Gasteiger partial charge >= 0.3 is 6.09 Å². The van der Waals surface area contributed by atoms with E-state index in [0.717, 1.165) is 23.1 Å². The van der Waals surface area contributed by atoms with Crippen LogP contribution in [0.25, 0.3) is 0 Å². The van der Waals surface area contributed by atoms with E-state index < -0.39 is 11.7 Å². The van der Waals surface area contributed by atoms with Crippen molar-refractivity contribution in [1.29, 1.82) is 0 Å². The van der Waals surface area contributed by atoms with Gasteiger partial charge in [0.2, 0.25) is 0 Å². The summed E-state index contributed by atoms with van der Waals surface area (Å²) in [6.07, 6.45) is 1.27. The van der Waals surface area contributed by atoms with Crippen molar-refractivity contribution < 1.29 is 9.53 Å². The van der Waals surface area contributed by atoms with Gasteiger partial charge in [0.1, 0.15) is 10.2 Å². The molecule has 0 aliphatic carbocycles. The summed E-state index contributed by atoms with van der Waals surface area (Å²) in [5.74, 6) is 0. The van der Waals surface area contributed by atoms with E-state index in [1.165, 1.54) is 5.57 Å². The molecular weight excluding hydrogens is 320 g/mol. The first-order valence-corrected chi connectivity index (χ1v) is 7.13. The standard InChI is InChI=1S/C10H12BrN.C5H11NO2/c1-8(2)6-7-9-4-3-5-10(11)12-9;1-5(2,3)8-4(6)7/h3-5H,1,6-7H2,2H3;1-3H3,(H2,6,7). The highest BCUT2D eigenvalue weighted by molar-refractivity contribution is 9.10. The number of carbonyl (C=O) groups is 1. The maximum absolute atomic E-state index is 10.0. The molecule has 2 N–H and O–H groups in total. The van der Waals surface area contributed by atoms with E-state index in [9.17, 15) is 4.79 Å². The van der Waals surface area contributed by atoms with Gasteiger partial charge < -0.3 is 10.5 Å². The maximum Gasteiger partial charge on any atom is 0.405 e. The van der Waals surface area contributed by atoms with Crippen LogP contribution >= 0.6 is 15.9 Å². The van der Waals surface area contributed by atoms with Gasteiger partial charge in [0, 0.05) is 5.69 Å². The van der Waals surface area contributed by atoms with Crippen molar-refractivity contribution in [3.8, 4) is 0 Å². The Morgan fingerprint density at radius 1 is 1.45 bits per heavy atom. The van der Waals surface area contributed by atoms with Crippen molar-refractivity contribution in [3.05, 3.63) is 40.6 Å². The first-order chi connectivity index (χ1) is 9.10. The summed E-state index contributed by atoms with van der Waals surface area (Å²) in [6.45, 7) is 11.2. The normalized spacial score (nSPS) is 10.2. The predicted octanol–water partition coefficient (Wildman–Crippen LogP) is 4.23. The fourth-order valence-corrected chi connectivity index (χ4v) is 1.61. The average Bonchev–Trinajstić information content (AvgIpc) is 2.23. The number of hydrogen-bond donors (Lipinski definition) is 1. The minimum Gasteiger partial charge on any atom is -0.444 e. The number of rotatable bonds is 3. The molecule has 0 fully saturated rings. The van der Waals surface area contributed by atoms with Gasteiger partial charge in [0.15, 0.2) is 0 Å². The second-order valence-corrected chi connectivity index (χ2v) is 6.25. The van der Waals surface area contributed by atoms with Gasteiger partial charge in [-0.1, -0.05) is 11.6 Å². The molecule has 1 heterocycles. The van der Waals surface area contributed by atoms with Crippen LogP contribution in [0, 0.1) is 0 Å². The Bertz CT molecular complexity index is 453. The quantitative estimate of drug-likeness (QED) is 0.660. The Morgan fingerprint density at radius 2 is 2.05 bits per heavy atom. The van der Waals surface area contributed by atoms with Crippen LogP contribution < -0.4 is 5.73 Å². The second-order valence-electron chi connectivity index (χ2n) is 5.44. The number of aryl methyl sites for hydroxylation is 1. The van der Waals surface area contributed by atoms with Crippen LogP contribution in [0.15, 0.2) is 35.0 Å². The number of aromatic nitrogens is 1. The Morgan fingerprint density at radius 3 is 2.40 bits per heavy atom. The zero-order chi connectivity index (χ0) is 15.8. The van der Waals surface area contributed by atoms with Crippen molar-refractivity contribution in [3.63, 3.8) is 0 Å². The van der Waals surface area contributed by atoms with E-state index in [0.29, 0.717) is 0 Å². The molecule has 0 atom stereocenters. The zero-order valence-corrected chi connectivity index (χ0v) is 14.2. The number of nitrogens with zero attached hydrogens (tertiary/aromatic N) is 1. The smallest absolute Gasteiger partial charge is 0.405 e. The number of carbonyl (C=O) groups excluding carboxylic acids is 1. The van der Waals surface area contributed by atoms with Gasteiger partial charge in [-0.25, -0.2) is 9.78 Å². The lowest BCUT2D eigenvalue weighted by Gasteiger charge is -2.16. The monoisotopic (exact) mass is 342 g/mol. The van der Waals surface area contributed by atoms with Gasteiger partial charge in [-0.2, -0.15) is 0 Å². The van der Waals surface area contributed by atoms with Crippen LogP contribution in [0.1, 0.15) is 39.8 Å². The van der Waals surface area contributed by atoms with Crippen molar-refractivity contribution in [2.75, 3.05) is 0 Å². The predicted molar refractivity (Wildman–Crippen MR) is 85.5 cm³/mol. The molecule has 20 heavy (non-hydrogen) atoms. The molecule has 0 spiro atoms. The lowest BCUT2D eigenvalue weighted by Crippen LogP contribution is -2.27. The van der Waals surface area contributed by atoms with Gasteiger partial charge in [-0.05, 0) is 68.6 Å². The summed E-state index contributed by atoms with van der Waals surface area (Å²) >= 11 is 3.34. The van der Waals surface area contributed by atoms with Crippen LogP contribution in [0.4, 0.5) is 4.79 Å². The Hall–Kier alpha value is -1.36. The first kappa shape index (κ1) is 18.6. The Balaban J connectivity index is 0.000000396. The van der Waals surface area contributed by atoms with Crippen molar-refractivity contribution in [2.45, 2.75) is 46.1 Å². The van der Waals surface area contributed by atoms with E-state index in [1.807, 2.05) is 25.1 Å². The maximum atomic E-state index is 10.0. The number of hydrogen-bond acceptors (Lipinski definition) is 3. The molecule has 5 heteroatoms. The molecule has 0 saturated carbocycles. The number of amides is 1. The zero-order valence-electron chi connectivity index (χ0n) is 12.6. The molecule has 0 aromatic carbocycles. The summed E-state index contributed by atoms with van der Waals surface area (Å²) in [7, 11) is 0. The number of primary amides is 1. The fourth-order valence-electron chi connectivity index (χ4n) is 1.23. The third-order valence-electron chi connectivity index (χ3n) is 1.99. The van der Waals surface area contributed by atoms with Crippen LogP contribution in [0.2, 0.25) is 0 Å². The van der Waals surface area contributed by atoms with Gasteiger partial charge in [0.05, 0.1) is 0 Å². The third kappa shape index (κ3) is 11.7. The third-order valence-corrected chi connectivity index (χ3v) is 2.43. The molecule has 0 radical (unpaired) electrons. The molecule has 112 valence electrons. The van der Waals surface area contributed by atoms with Crippen LogP contribution in [-0.2, 0) is 11.2 Å². The molecular formula is C15H23BrN2O2. The van der Waals surface area contributed by atoms with Gasteiger partial charge in [0.25, 0.3) is 0 Å². The lowest BCUT2D eigenvalue weighted by molar-refractivity contribution is 0.0600. The number of ether oxygens (including phenoxy) is 1. The second kappa shape index (κ2) is 8.74. The molecule has 1 amide bonds. The number of halogens is 1. The summed E-state index contributed by atoms with van der Waals surface area (Å²) < 4.78 is 5.48. The average molecular weight is 343 g/mol. The van der Waals surface area contributed by atoms with E-state index >= 15 is 0 Å². The molecule has 0 unspecified atom stereocenters. The summed E-state index contributed by atoms with van der Waals surface area (Å²) in [5, 5.41) is 0. The van der Waals surface area contributed by atoms with E-state index in [4.69, 9.17) is 5.73 Å². The SMILES string of the molecule is C=C(C)CCc1cccc(Br)n1.CC(C)(C)OC(N)=O. The first-order valence-electron chi connectivity index (χ1n) is 6.34. The minimum atomic E-state index is -0.725. The molecule has 1 rings (SSSR count). The molecule has 0 bridgehead atoms. The van der Waals surface area contributed by atoms with E-state index in [2.05, 4.69) is 32.2 Å². The molecule has 1 aromatic heterocycles. The van der Waals surface area contributed by atoms with Crippen molar-refractivity contribution in [2.24, 2.45) is 5.73 Å². The minimum absolute atomic E-state index is 0.453. The fraction of sp³-hybridized carbons (Fsp3) is 0.467. The largest absolute Gasteiger partial charge is 0.444 e. The Labute approximate surface area is 129 Å². The van der Waals surface area contributed by atoms with Crippen molar-refractivity contribution in [1.82, 2.24) is 4.98 Å². The van der Waals surface area contributed by atoms with Crippen LogP contribution in [0.3, 0.4) is 0 Å². The molecule has 0 saturated heterocycles. The molecule has 1 aromatic rings. The number of nitrogens with two attached hydrogens (primary N) is 1. The van der Waals surface area contributed by atoms with Crippen molar-refractivity contribution >= 4 is 22.0 Å². The number of pyridine rings is 1. The molecule has 0 aliphatic heterocycles. The molecule has 4 nitrogen and oxygen atoms in total. The number of allylic oxidation sites excluding steroid dienone is 1. The van der Waals surface area contributed by atoms with E-state index in [-0.39, 0.29) is 0 Å². The highest BCUT2D eigenvalue weighted by atomic mass is 79.9. The summed E-state index contributed by atoms with van der Waals surface area (Å²) in [5.41, 5.74) is 6.59. The lowest BCUT2D eigenvalue weighted by atomic mass is 10.1. The summed E-state index contributed by atoms with van der Waals surface area (Å²) in [4.78, 5) is 14.3. The summed E-state index contributed by atoms with van der Waals surface area (Å²) in [6, 6.07) is 5.98. The topological polar surface area (TPSA) is 65.2 Å². The van der Waals surface area contributed by atoms with E-state index in [1.54, 1.807) is 20.8 Å². The van der Waals surface area contributed by atoms with Crippen LogP contribution in [0.5, 0.6) is 0 Å². The highest BCUT2D eigenvalue weighted by Crippen LogP contribution is 2.09.